The number of rotatable bonds is 1. The Bertz CT molecular complexity index is 242. The molecule has 2 radical (unpaired) electrons. The summed E-state index contributed by atoms with van der Waals surface area (Å²) in [5, 5.41) is 0. The van der Waals surface area contributed by atoms with Crippen LogP contribution in [0.1, 0.15) is 11.2 Å². The third-order valence-corrected chi connectivity index (χ3v) is 2.02. The van der Waals surface area contributed by atoms with Crippen LogP contribution in [0.3, 0.4) is 0 Å². The predicted octanol–water partition coefficient (Wildman–Crippen LogP) is 3.70. The van der Waals surface area contributed by atoms with Crippen LogP contribution in [-0.2, 0) is 0 Å². The Morgan fingerprint density at radius 3 is 2.00 bits per heavy atom. The number of hydrogen-bond donors (Lipinski definition) is 0. The van der Waals surface area contributed by atoms with Crippen molar-refractivity contribution >= 4 is 9.24 Å². The molecule has 0 amide bonds. The smallest absolute Gasteiger partial charge is 0.170 e. The zero-order valence-corrected chi connectivity index (χ0v) is 6.94. The van der Waals surface area contributed by atoms with Crippen molar-refractivity contribution in [2.45, 2.75) is 11.8 Å². The van der Waals surface area contributed by atoms with Gasteiger partial charge in [0.05, 0.1) is 0 Å². The molecular formula is C8H6F3P. The minimum atomic E-state index is -4.27. The molecule has 12 heavy (non-hydrogen) atoms. The van der Waals surface area contributed by atoms with Gasteiger partial charge in [0.15, 0.2) is 0 Å². The highest BCUT2D eigenvalue weighted by atomic mass is 31.0. The number of alkyl halides is 3. The molecule has 0 bridgehead atoms. The van der Waals surface area contributed by atoms with Crippen LogP contribution >= 0.6 is 9.24 Å². The summed E-state index contributed by atoms with van der Waals surface area (Å²) in [6.07, 6.45) is -4.27. The lowest BCUT2D eigenvalue weighted by Crippen LogP contribution is -2.14. The molecule has 0 aliphatic rings. The molecule has 64 valence electrons. The first-order chi connectivity index (χ1) is 5.52. The molecule has 0 aliphatic carbocycles. The third kappa shape index (κ3) is 2.21. The molecule has 0 fully saturated rings. The summed E-state index contributed by atoms with van der Waals surface area (Å²) in [7, 11) is 3.48. The summed E-state index contributed by atoms with van der Waals surface area (Å²) >= 11 is 0. The van der Waals surface area contributed by atoms with Crippen LogP contribution in [-0.4, -0.2) is 6.18 Å². The average Bonchev–Trinajstić information content (AvgIpc) is 2.03. The molecule has 1 aromatic carbocycles. The predicted molar refractivity (Wildman–Crippen MR) is 42.2 cm³/mol. The summed E-state index contributed by atoms with van der Waals surface area (Å²) in [5.41, 5.74) is -1.51. The Hall–Kier alpha value is -0.560. The van der Waals surface area contributed by atoms with Gasteiger partial charge in [-0.25, -0.2) is 0 Å². The van der Waals surface area contributed by atoms with Gasteiger partial charge < -0.3 is 0 Å². The molecule has 1 atom stereocenters. The molecular weight excluding hydrogens is 184 g/mol. The Morgan fingerprint density at radius 1 is 1.08 bits per heavy atom. The van der Waals surface area contributed by atoms with Gasteiger partial charge >= 0.3 is 6.18 Å². The van der Waals surface area contributed by atoms with Crippen LogP contribution in [0, 0.1) is 0 Å². The lowest BCUT2D eigenvalue weighted by atomic mass is 10.1. The second-order valence-corrected chi connectivity index (χ2v) is 2.87. The first-order valence-corrected chi connectivity index (χ1v) is 3.83. The lowest BCUT2D eigenvalue weighted by molar-refractivity contribution is -0.130. The zero-order chi connectivity index (χ0) is 9.19. The van der Waals surface area contributed by atoms with Gasteiger partial charge in [0, 0.05) is 0 Å². The van der Waals surface area contributed by atoms with E-state index in [1.165, 1.54) is 12.1 Å². The largest absolute Gasteiger partial charge is 0.400 e. The summed E-state index contributed by atoms with van der Waals surface area (Å²) in [6, 6.07) is 7.60. The highest BCUT2D eigenvalue weighted by Gasteiger charge is 2.37. The fourth-order valence-corrected chi connectivity index (χ4v) is 0.996. The van der Waals surface area contributed by atoms with Crippen LogP contribution in [0.25, 0.3) is 0 Å². The standard InChI is InChI=1S/C8H6F3P/c9-8(10,11)7(12)6-4-2-1-3-5-6/h1-5,7H. The molecule has 0 saturated heterocycles. The average molecular weight is 190 g/mol. The fourth-order valence-electron chi connectivity index (χ4n) is 0.824. The minimum Gasteiger partial charge on any atom is -0.170 e. The zero-order valence-electron chi connectivity index (χ0n) is 6.05. The van der Waals surface area contributed by atoms with Crippen molar-refractivity contribution in [3.05, 3.63) is 35.9 Å². The first kappa shape index (κ1) is 9.53. The van der Waals surface area contributed by atoms with Crippen LogP contribution in [0.2, 0.25) is 0 Å². The van der Waals surface area contributed by atoms with E-state index in [-0.39, 0.29) is 5.56 Å². The van der Waals surface area contributed by atoms with Gasteiger partial charge in [-0.2, -0.15) is 13.2 Å². The van der Waals surface area contributed by atoms with Crippen molar-refractivity contribution in [3.8, 4) is 0 Å². The van der Waals surface area contributed by atoms with E-state index in [9.17, 15) is 13.2 Å². The van der Waals surface area contributed by atoms with Crippen molar-refractivity contribution in [1.82, 2.24) is 0 Å². The normalized spacial score (nSPS) is 14.3. The van der Waals surface area contributed by atoms with Gasteiger partial charge in [-0.1, -0.05) is 30.3 Å². The molecule has 1 aromatic rings. The van der Waals surface area contributed by atoms with Crippen LogP contribution in [0.15, 0.2) is 30.3 Å². The van der Waals surface area contributed by atoms with Gasteiger partial charge in [0.25, 0.3) is 0 Å². The van der Waals surface area contributed by atoms with Crippen molar-refractivity contribution in [3.63, 3.8) is 0 Å². The summed E-state index contributed by atoms with van der Waals surface area (Å²) in [4.78, 5) is 0. The molecule has 0 N–H and O–H groups in total. The molecule has 0 aromatic heterocycles. The Morgan fingerprint density at radius 2 is 1.58 bits per heavy atom. The van der Waals surface area contributed by atoms with E-state index in [2.05, 4.69) is 9.24 Å². The molecule has 0 saturated carbocycles. The molecule has 0 nitrogen and oxygen atoms in total. The van der Waals surface area contributed by atoms with Crippen molar-refractivity contribution < 1.29 is 13.2 Å². The highest BCUT2D eigenvalue weighted by Crippen LogP contribution is 2.39. The Balaban J connectivity index is 2.86. The SMILES string of the molecule is FC(F)(F)C([P])c1ccccc1. The maximum absolute atomic E-state index is 12.1. The van der Waals surface area contributed by atoms with E-state index >= 15 is 0 Å². The van der Waals surface area contributed by atoms with E-state index in [0.29, 0.717) is 0 Å². The molecule has 4 heteroatoms. The maximum Gasteiger partial charge on any atom is 0.400 e. The van der Waals surface area contributed by atoms with Crippen LogP contribution < -0.4 is 0 Å². The van der Waals surface area contributed by atoms with Crippen molar-refractivity contribution in [2.24, 2.45) is 0 Å². The number of hydrogen-bond acceptors (Lipinski definition) is 0. The van der Waals surface area contributed by atoms with Gasteiger partial charge in [-0.3, -0.25) is 0 Å². The molecule has 0 spiro atoms. The van der Waals surface area contributed by atoms with Gasteiger partial charge in [0.1, 0.15) is 5.66 Å². The maximum atomic E-state index is 12.1. The monoisotopic (exact) mass is 190 g/mol. The molecule has 1 unspecified atom stereocenters. The fraction of sp³-hybridized carbons (Fsp3) is 0.250. The topological polar surface area (TPSA) is 0 Å². The Kier molecular flexibility index (Phi) is 2.73. The summed E-state index contributed by atoms with van der Waals surface area (Å²) in [5.74, 6) is 0. The third-order valence-electron chi connectivity index (χ3n) is 1.43. The molecule has 1 rings (SSSR count). The molecule has 0 heterocycles. The van der Waals surface area contributed by atoms with Crippen molar-refractivity contribution in [1.29, 1.82) is 0 Å². The highest BCUT2D eigenvalue weighted by molar-refractivity contribution is 7.17. The van der Waals surface area contributed by atoms with E-state index in [1.54, 1.807) is 18.2 Å². The van der Waals surface area contributed by atoms with E-state index < -0.39 is 11.8 Å². The van der Waals surface area contributed by atoms with Crippen LogP contribution in [0.5, 0.6) is 0 Å². The number of benzene rings is 1. The first-order valence-electron chi connectivity index (χ1n) is 3.31. The second-order valence-electron chi connectivity index (χ2n) is 2.35. The van der Waals surface area contributed by atoms with Gasteiger partial charge in [0.2, 0.25) is 0 Å². The quantitative estimate of drug-likeness (QED) is 0.592. The van der Waals surface area contributed by atoms with Crippen LogP contribution in [0.4, 0.5) is 13.2 Å². The number of halogens is 3. The van der Waals surface area contributed by atoms with Gasteiger partial charge in [-0.15, -0.1) is 0 Å². The van der Waals surface area contributed by atoms with Gasteiger partial charge in [-0.05, 0) is 14.8 Å². The van der Waals surface area contributed by atoms with E-state index in [0.717, 1.165) is 0 Å². The summed E-state index contributed by atoms with van der Waals surface area (Å²) < 4.78 is 36.2. The van der Waals surface area contributed by atoms with Crippen molar-refractivity contribution in [2.75, 3.05) is 0 Å². The molecule has 0 aliphatic heterocycles. The minimum absolute atomic E-state index is 0.174. The van der Waals surface area contributed by atoms with E-state index in [4.69, 9.17) is 0 Å². The lowest BCUT2D eigenvalue weighted by Gasteiger charge is -2.14. The second kappa shape index (κ2) is 3.44. The van der Waals surface area contributed by atoms with E-state index in [1.807, 2.05) is 0 Å². The Labute approximate surface area is 71.0 Å². The summed E-state index contributed by atoms with van der Waals surface area (Å²) in [6.45, 7) is 0.